The Bertz CT molecular complexity index is 478. The van der Waals surface area contributed by atoms with Gasteiger partial charge in [0, 0.05) is 12.3 Å². The lowest BCUT2D eigenvalue weighted by Gasteiger charge is -2.61. The highest BCUT2D eigenvalue weighted by Gasteiger charge is 2.73. The molecule has 4 saturated carbocycles. The summed E-state index contributed by atoms with van der Waals surface area (Å²) >= 11 is 0. The molecule has 0 aromatic carbocycles. The van der Waals surface area contributed by atoms with Gasteiger partial charge < -0.3 is 5.11 Å². The van der Waals surface area contributed by atoms with Crippen LogP contribution in [0.1, 0.15) is 33.6 Å². The van der Waals surface area contributed by atoms with E-state index in [1.165, 1.54) is 6.92 Å². The first kappa shape index (κ1) is 12.0. The minimum absolute atomic E-state index is 0.0768. The van der Waals surface area contributed by atoms with Crippen molar-refractivity contribution in [3.63, 3.8) is 0 Å². The summed E-state index contributed by atoms with van der Waals surface area (Å²) in [6.07, 6.45) is 1.09. The van der Waals surface area contributed by atoms with E-state index >= 15 is 0 Å². The fourth-order valence-electron chi connectivity index (χ4n) is 4.67. The number of carbonyl (C=O) groups excluding carboxylic acids is 3. The molecule has 0 radical (unpaired) electrons. The van der Waals surface area contributed by atoms with E-state index in [1.807, 2.05) is 6.92 Å². The van der Waals surface area contributed by atoms with Gasteiger partial charge in [-0.1, -0.05) is 6.92 Å². The summed E-state index contributed by atoms with van der Waals surface area (Å²) in [4.78, 5) is 36.9. The molecule has 0 spiro atoms. The summed E-state index contributed by atoms with van der Waals surface area (Å²) in [5, 5.41) is 10.5. The van der Waals surface area contributed by atoms with Crippen LogP contribution in [0.2, 0.25) is 0 Å². The van der Waals surface area contributed by atoms with Crippen LogP contribution in [0.25, 0.3) is 0 Å². The van der Waals surface area contributed by atoms with Crippen molar-refractivity contribution in [1.82, 2.24) is 0 Å². The molecule has 18 heavy (non-hydrogen) atoms. The van der Waals surface area contributed by atoms with Gasteiger partial charge in [0.1, 0.15) is 11.4 Å². The first-order valence-electron chi connectivity index (χ1n) is 6.58. The van der Waals surface area contributed by atoms with Crippen LogP contribution < -0.4 is 0 Å². The zero-order valence-electron chi connectivity index (χ0n) is 10.9. The van der Waals surface area contributed by atoms with E-state index in [9.17, 15) is 19.5 Å². The van der Waals surface area contributed by atoms with Crippen molar-refractivity contribution in [2.24, 2.45) is 29.1 Å². The second kappa shape index (κ2) is 3.10. The molecule has 98 valence electrons. The van der Waals surface area contributed by atoms with Gasteiger partial charge in [-0.3, -0.25) is 14.4 Å². The van der Waals surface area contributed by atoms with E-state index in [4.69, 9.17) is 0 Å². The van der Waals surface area contributed by atoms with Gasteiger partial charge in [0.15, 0.2) is 11.6 Å². The SMILES string of the molecule is C[C@@H]1C2CCC(=O)C3C(=O)[C@]1(C)C(=O)[C@@](C)(O)C32. The Hall–Kier alpha value is -1.03. The summed E-state index contributed by atoms with van der Waals surface area (Å²) in [7, 11) is 0. The van der Waals surface area contributed by atoms with Gasteiger partial charge in [-0.2, -0.15) is 0 Å². The Morgan fingerprint density at radius 3 is 2.44 bits per heavy atom. The normalized spacial score (nSPS) is 55.0. The number of hydrogen-bond acceptors (Lipinski definition) is 4. The lowest BCUT2D eigenvalue weighted by atomic mass is 9.40. The van der Waals surface area contributed by atoms with Gasteiger partial charge >= 0.3 is 0 Å². The Balaban J connectivity index is 2.25. The molecule has 4 aliphatic carbocycles. The van der Waals surface area contributed by atoms with Gasteiger partial charge in [0.2, 0.25) is 0 Å². The molecule has 0 aromatic heterocycles. The van der Waals surface area contributed by atoms with Crippen LogP contribution in [0.15, 0.2) is 0 Å². The maximum atomic E-state index is 12.5. The molecule has 4 nitrogen and oxygen atoms in total. The number of ketones is 3. The predicted molar refractivity (Wildman–Crippen MR) is 62.6 cm³/mol. The first-order valence-corrected chi connectivity index (χ1v) is 6.58. The Labute approximate surface area is 106 Å². The Morgan fingerprint density at radius 1 is 1.22 bits per heavy atom. The third-order valence-electron chi connectivity index (χ3n) is 5.82. The molecule has 0 heterocycles. The molecule has 4 aliphatic rings. The second-order valence-electron chi connectivity index (χ2n) is 6.50. The van der Waals surface area contributed by atoms with Gasteiger partial charge in [0.25, 0.3) is 0 Å². The van der Waals surface area contributed by atoms with E-state index in [0.717, 1.165) is 0 Å². The maximum absolute atomic E-state index is 12.5. The van der Waals surface area contributed by atoms with E-state index in [2.05, 4.69) is 0 Å². The maximum Gasteiger partial charge on any atom is 0.177 e. The number of Topliss-reactive ketones (excluding diaryl/α,β-unsaturated/α-hetero) is 3. The van der Waals surface area contributed by atoms with Crippen LogP contribution >= 0.6 is 0 Å². The number of rotatable bonds is 0. The molecule has 4 bridgehead atoms. The molecule has 1 N–H and O–H groups in total. The van der Waals surface area contributed by atoms with Gasteiger partial charge in [-0.25, -0.2) is 0 Å². The molecule has 3 unspecified atom stereocenters. The fraction of sp³-hybridized carbons (Fsp3) is 0.786. The predicted octanol–water partition coefficient (Wildman–Crippen LogP) is 0.757. The molecule has 0 saturated heterocycles. The van der Waals surface area contributed by atoms with Crippen molar-refractivity contribution in [2.45, 2.75) is 39.2 Å². The number of carbonyl (C=O) groups is 3. The molecular weight excluding hydrogens is 232 g/mol. The van der Waals surface area contributed by atoms with Gasteiger partial charge in [0.05, 0.1) is 11.3 Å². The average Bonchev–Trinajstić information content (AvgIpc) is 2.31. The lowest BCUT2D eigenvalue weighted by Crippen LogP contribution is -2.74. The van der Waals surface area contributed by atoms with Crippen LogP contribution in [-0.4, -0.2) is 28.1 Å². The van der Waals surface area contributed by atoms with Gasteiger partial charge in [-0.05, 0) is 32.1 Å². The minimum Gasteiger partial charge on any atom is -0.382 e. The second-order valence-corrected chi connectivity index (χ2v) is 6.50. The highest BCUT2D eigenvalue weighted by atomic mass is 16.3. The quantitative estimate of drug-likeness (QED) is 0.644. The summed E-state index contributed by atoms with van der Waals surface area (Å²) in [6, 6.07) is 0. The van der Waals surface area contributed by atoms with Gasteiger partial charge in [-0.15, -0.1) is 0 Å². The van der Waals surface area contributed by atoms with Crippen LogP contribution in [0.3, 0.4) is 0 Å². The standard InChI is InChI=1S/C14H18O4/c1-6-7-4-5-8(15)9-10(7)14(3,18)12(17)13(6,2)11(9)16/h6-7,9-10,18H,4-5H2,1-3H3/t6-,7?,9?,10?,13-,14+/m1/s1. The van der Waals surface area contributed by atoms with Crippen molar-refractivity contribution < 1.29 is 19.5 Å². The largest absolute Gasteiger partial charge is 0.382 e. The monoisotopic (exact) mass is 250 g/mol. The van der Waals surface area contributed by atoms with E-state index in [0.29, 0.717) is 12.8 Å². The first-order chi connectivity index (χ1) is 8.24. The molecule has 6 atom stereocenters. The van der Waals surface area contributed by atoms with E-state index in [-0.39, 0.29) is 29.2 Å². The number of hydrogen-bond donors (Lipinski definition) is 1. The molecule has 0 aromatic rings. The lowest BCUT2D eigenvalue weighted by molar-refractivity contribution is -0.205. The zero-order valence-corrected chi connectivity index (χ0v) is 10.9. The molecular formula is C14H18O4. The van der Waals surface area contributed by atoms with Crippen LogP contribution in [0.5, 0.6) is 0 Å². The highest BCUT2D eigenvalue weighted by Crippen LogP contribution is 2.61. The smallest absolute Gasteiger partial charge is 0.177 e. The third-order valence-corrected chi connectivity index (χ3v) is 5.82. The minimum atomic E-state index is -1.53. The number of fused-ring (bicyclic) bond motifs is 1. The summed E-state index contributed by atoms with van der Waals surface area (Å²) in [6.45, 7) is 5.01. The van der Waals surface area contributed by atoms with E-state index < -0.39 is 22.9 Å². The number of aliphatic hydroxyl groups is 1. The Kier molecular flexibility index (Phi) is 2.07. The van der Waals surface area contributed by atoms with Crippen LogP contribution in [-0.2, 0) is 14.4 Å². The summed E-state index contributed by atoms with van der Waals surface area (Å²) in [5.74, 6) is -1.97. The molecule has 0 amide bonds. The Morgan fingerprint density at radius 2 is 1.83 bits per heavy atom. The van der Waals surface area contributed by atoms with Crippen molar-refractivity contribution in [1.29, 1.82) is 0 Å². The fourth-order valence-corrected chi connectivity index (χ4v) is 4.67. The zero-order chi connectivity index (χ0) is 13.5. The van der Waals surface area contributed by atoms with Crippen molar-refractivity contribution >= 4 is 17.3 Å². The average molecular weight is 250 g/mol. The molecule has 0 aliphatic heterocycles. The molecule has 4 rings (SSSR count). The van der Waals surface area contributed by atoms with Crippen molar-refractivity contribution in [3.8, 4) is 0 Å². The van der Waals surface area contributed by atoms with E-state index in [1.54, 1.807) is 6.92 Å². The molecule has 4 fully saturated rings. The topological polar surface area (TPSA) is 71.4 Å². The summed E-state index contributed by atoms with van der Waals surface area (Å²) < 4.78 is 0. The summed E-state index contributed by atoms with van der Waals surface area (Å²) in [5.41, 5.74) is -2.70. The van der Waals surface area contributed by atoms with Crippen LogP contribution in [0, 0.1) is 29.1 Å². The van der Waals surface area contributed by atoms with Crippen molar-refractivity contribution in [2.75, 3.05) is 0 Å². The third kappa shape index (κ3) is 1.00. The van der Waals surface area contributed by atoms with Crippen molar-refractivity contribution in [3.05, 3.63) is 0 Å². The molecule has 4 heteroatoms. The van der Waals surface area contributed by atoms with Crippen LogP contribution in [0.4, 0.5) is 0 Å². The highest BCUT2D eigenvalue weighted by molar-refractivity contribution is 6.21.